The predicted octanol–water partition coefficient (Wildman–Crippen LogP) is 2.74. The number of carbonyl (C=O) groups is 1. The number of hydrogen-bond acceptors (Lipinski definition) is 4. The molecule has 1 rings (SSSR count). The van der Waals surface area contributed by atoms with Crippen LogP contribution in [0.25, 0.3) is 0 Å². The lowest BCUT2D eigenvalue weighted by molar-refractivity contribution is -0.142. The highest BCUT2D eigenvalue weighted by Crippen LogP contribution is 2.14. The molecule has 0 saturated carbocycles. The van der Waals surface area contributed by atoms with Crippen molar-refractivity contribution in [1.82, 2.24) is 4.73 Å². The van der Waals surface area contributed by atoms with E-state index in [1.54, 1.807) is 12.1 Å². The van der Waals surface area contributed by atoms with E-state index in [0.717, 1.165) is 9.20 Å². The zero-order valence-corrected chi connectivity index (χ0v) is 14.1. The Morgan fingerprint density at radius 1 is 1.47 bits per heavy atom. The van der Waals surface area contributed by atoms with Crippen molar-refractivity contribution in [1.29, 1.82) is 0 Å². The number of esters is 1. The minimum absolute atomic E-state index is 0.275. The lowest BCUT2D eigenvalue weighted by Gasteiger charge is -2.13. The molecule has 0 aliphatic rings. The van der Waals surface area contributed by atoms with Crippen molar-refractivity contribution < 1.29 is 14.7 Å². The Morgan fingerprint density at radius 2 is 2.11 bits per heavy atom. The number of carbonyl (C=O) groups excluding carboxylic acids is 1. The number of rotatable bonds is 4. The van der Waals surface area contributed by atoms with E-state index in [1.807, 2.05) is 13.8 Å². The van der Waals surface area contributed by atoms with Gasteiger partial charge in [-0.25, -0.2) is 4.79 Å². The molecule has 0 unspecified atom stereocenters. The van der Waals surface area contributed by atoms with Crippen molar-refractivity contribution in [3.8, 4) is 0 Å². The van der Waals surface area contributed by atoms with E-state index in [4.69, 9.17) is 4.74 Å². The fourth-order valence-electron chi connectivity index (χ4n) is 1.55. The van der Waals surface area contributed by atoms with E-state index < -0.39 is 12.0 Å². The minimum atomic E-state index is -0.635. The van der Waals surface area contributed by atoms with Gasteiger partial charge in [0.05, 0.1) is 7.11 Å². The monoisotopic (exact) mass is 394 g/mol. The molecule has 0 aliphatic heterocycles. The summed E-state index contributed by atoms with van der Waals surface area (Å²) in [5.74, 6) is -0.125. The van der Waals surface area contributed by atoms with Crippen LogP contribution in [0, 0.1) is 5.92 Å². The molecule has 5 nitrogen and oxygen atoms in total. The smallest absolute Gasteiger partial charge is 0.330 e. The number of hydrogen-bond donors (Lipinski definition) is 1. The highest BCUT2D eigenvalue weighted by Gasteiger charge is 2.19. The summed E-state index contributed by atoms with van der Waals surface area (Å²) in [6, 6.07) is 2.67. The third kappa shape index (κ3) is 4.65. The molecule has 1 heterocycles. The first kappa shape index (κ1) is 16.2. The van der Waals surface area contributed by atoms with Gasteiger partial charge in [-0.1, -0.05) is 29.8 Å². The van der Waals surface area contributed by atoms with Crippen molar-refractivity contribution in [3.63, 3.8) is 0 Å². The molecular formula is C12H16Br2N2O3. The summed E-state index contributed by atoms with van der Waals surface area (Å²) in [7, 11) is 1.33. The van der Waals surface area contributed by atoms with E-state index in [1.165, 1.54) is 7.11 Å². The van der Waals surface area contributed by atoms with Gasteiger partial charge in [0.25, 0.3) is 0 Å². The zero-order valence-electron chi connectivity index (χ0n) is 10.9. The van der Waals surface area contributed by atoms with Crippen molar-refractivity contribution in [2.45, 2.75) is 26.3 Å². The molecule has 0 aromatic carbocycles. The molecule has 0 bridgehead atoms. The quantitative estimate of drug-likeness (QED) is 0.484. The number of methoxy groups -OCH3 is 1. The van der Waals surface area contributed by atoms with Gasteiger partial charge in [-0.3, -0.25) is 4.99 Å². The normalized spacial score (nSPS) is 13.7. The van der Waals surface area contributed by atoms with Crippen molar-refractivity contribution in [2.75, 3.05) is 7.11 Å². The molecule has 0 aliphatic carbocycles. The number of aromatic nitrogens is 1. The van der Waals surface area contributed by atoms with Gasteiger partial charge < -0.3 is 9.94 Å². The molecule has 1 aromatic heterocycles. The average molecular weight is 396 g/mol. The lowest BCUT2D eigenvalue weighted by Crippen LogP contribution is -2.28. The van der Waals surface area contributed by atoms with Crippen LogP contribution in [0.2, 0.25) is 0 Å². The van der Waals surface area contributed by atoms with E-state index in [2.05, 4.69) is 36.9 Å². The van der Waals surface area contributed by atoms with Gasteiger partial charge in [0, 0.05) is 4.47 Å². The van der Waals surface area contributed by atoms with Gasteiger partial charge in [0.1, 0.15) is 10.6 Å². The zero-order chi connectivity index (χ0) is 14.6. The third-order valence-electron chi connectivity index (χ3n) is 2.40. The Labute approximate surface area is 128 Å². The van der Waals surface area contributed by atoms with Crippen LogP contribution in [0.15, 0.2) is 26.2 Å². The van der Waals surface area contributed by atoms with Crippen molar-refractivity contribution in [2.24, 2.45) is 10.9 Å². The molecule has 1 N–H and O–H groups in total. The summed E-state index contributed by atoms with van der Waals surface area (Å²) >= 11 is 6.51. The number of halogens is 2. The minimum Gasteiger partial charge on any atom is -0.467 e. The fourth-order valence-corrected chi connectivity index (χ4v) is 2.70. The van der Waals surface area contributed by atoms with Gasteiger partial charge in [-0.2, -0.15) is 4.73 Å². The molecule has 106 valence electrons. The van der Waals surface area contributed by atoms with Crippen LogP contribution in [0.3, 0.4) is 0 Å². The van der Waals surface area contributed by atoms with Crippen LogP contribution in [0.1, 0.15) is 20.3 Å². The lowest BCUT2D eigenvalue weighted by atomic mass is 10.0. The van der Waals surface area contributed by atoms with Crippen LogP contribution in [0.5, 0.6) is 0 Å². The molecule has 7 heteroatoms. The van der Waals surface area contributed by atoms with Crippen LogP contribution < -0.4 is 5.49 Å². The molecule has 0 saturated heterocycles. The number of pyridine rings is 1. The first-order chi connectivity index (χ1) is 8.85. The summed E-state index contributed by atoms with van der Waals surface area (Å²) in [5, 5.41) is 9.86. The third-order valence-corrected chi connectivity index (χ3v) is 3.42. The molecule has 0 spiro atoms. The van der Waals surface area contributed by atoms with Gasteiger partial charge >= 0.3 is 5.97 Å². The summed E-state index contributed by atoms with van der Waals surface area (Å²) in [6.45, 7) is 3.99. The number of nitrogens with zero attached hydrogens (tertiary/aromatic N) is 2. The Hall–Kier alpha value is -0.820. The van der Waals surface area contributed by atoms with Crippen molar-refractivity contribution in [3.05, 3.63) is 26.7 Å². The topological polar surface area (TPSA) is 63.8 Å². The summed E-state index contributed by atoms with van der Waals surface area (Å²) in [4.78, 5) is 16.0. The Balaban J connectivity index is 3.25. The van der Waals surface area contributed by atoms with Crippen molar-refractivity contribution >= 4 is 37.8 Å². The summed E-state index contributed by atoms with van der Waals surface area (Å²) < 4.78 is 6.80. The van der Waals surface area contributed by atoms with Crippen LogP contribution in [-0.2, 0) is 9.53 Å². The van der Waals surface area contributed by atoms with E-state index in [-0.39, 0.29) is 11.4 Å². The molecule has 0 amide bonds. The Morgan fingerprint density at radius 3 is 2.63 bits per heavy atom. The number of ether oxygens (including phenoxy) is 1. The van der Waals surface area contributed by atoms with Crippen LogP contribution in [0.4, 0.5) is 0 Å². The molecule has 0 fully saturated rings. The highest BCUT2D eigenvalue weighted by molar-refractivity contribution is 9.11. The molecule has 1 atom stereocenters. The maximum Gasteiger partial charge on any atom is 0.330 e. The van der Waals surface area contributed by atoms with Crippen LogP contribution >= 0.6 is 31.9 Å². The second kappa shape index (κ2) is 7.09. The van der Waals surface area contributed by atoms with E-state index in [0.29, 0.717) is 11.0 Å². The first-order valence-corrected chi connectivity index (χ1v) is 7.32. The molecule has 0 radical (unpaired) electrons. The molecule has 1 aromatic rings. The second-order valence-corrected chi connectivity index (χ2v) is 6.19. The second-order valence-electron chi connectivity index (χ2n) is 4.46. The Bertz CT molecular complexity index is 526. The Kier molecular flexibility index (Phi) is 6.06. The van der Waals surface area contributed by atoms with Crippen LogP contribution in [-0.4, -0.2) is 29.1 Å². The summed E-state index contributed by atoms with van der Waals surface area (Å²) in [6.07, 6.45) is 0.552. The maximum atomic E-state index is 11.7. The highest BCUT2D eigenvalue weighted by atomic mass is 79.9. The van der Waals surface area contributed by atoms with E-state index in [9.17, 15) is 10.0 Å². The SMILES string of the molecule is COC(=O)[C@H](CC(C)C)N=c1cc(Br)cc(Br)n1O. The average Bonchev–Trinajstić information content (AvgIpc) is 2.32. The van der Waals surface area contributed by atoms with Gasteiger partial charge in [0.2, 0.25) is 0 Å². The fraction of sp³-hybridized carbons (Fsp3) is 0.500. The van der Waals surface area contributed by atoms with Gasteiger partial charge in [-0.05, 0) is 40.4 Å². The summed E-state index contributed by atoms with van der Waals surface area (Å²) in [5.41, 5.74) is 0.275. The van der Waals surface area contributed by atoms with Gasteiger partial charge in [-0.15, -0.1) is 0 Å². The standard InChI is InChI=1S/C12H16Br2N2O3/c1-7(2)4-9(12(17)19-3)15-11-6-8(13)5-10(14)16(11)18/h5-7,9,18H,4H2,1-3H3/t9-/m0/s1. The molecular weight excluding hydrogens is 380 g/mol. The maximum absolute atomic E-state index is 11.7. The molecule has 19 heavy (non-hydrogen) atoms. The van der Waals surface area contributed by atoms with Gasteiger partial charge in [0.15, 0.2) is 5.49 Å². The predicted molar refractivity (Wildman–Crippen MR) is 77.8 cm³/mol. The largest absolute Gasteiger partial charge is 0.467 e. The first-order valence-electron chi connectivity index (χ1n) is 5.74. The van der Waals surface area contributed by atoms with E-state index >= 15 is 0 Å².